The Morgan fingerprint density at radius 1 is 1.47 bits per heavy atom. The van der Waals surface area contributed by atoms with E-state index in [2.05, 4.69) is 21.2 Å². The Morgan fingerprint density at radius 3 is 2.74 bits per heavy atom. The molecule has 1 rings (SSSR count). The van der Waals surface area contributed by atoms with Crippen LogP contribution in [0.1, 0.15) is 31.1 Å². The summed E-state index contributed by atoms with van der Waals surface area (Å²) in [6.07, 6.45) is 0. The van der Waals surface area contributed by atoms with E-state index in [1.54, 1.807) is 18.2 Å². The summed E-state index contributed by atoms with van der Waals surface area (Å²) in [7, 11) is 0. The number of amides is 1. The summed E-state index contributed by atoms with van der Waals surface area (Å²) in [5.74, 6) is 0.117. The van der Waals surface area contributed by atoms with Gasteiger partial charge in [-0.15, -0.1) is 0 Å². The maximum atomic E-state index is 12.2. The van der Waals surface area contributed by atoms with E-state index >= 15 is 0 Å². The molecule has 0 spiro atoms. The van der Waals surface area contributed by atoms with Crippen molar-refractivity contribution in [2.75, 3.05) is 13.2 Å². The summed E-state index contributed by atoms with van der Waals surface area (Å²) in [5.41, 5.74) is 0.471. The highest BCUT2D eigenvalue weighted by Crippen LogP contribution is 2.21. The molecule has 19 heavy (non-hydrogen) atoms. The zero-order valence-corrected chi connectivity index (χ0v) is 13.7. The van der Waals surface area contributed by atoms with Crippen LogP contribution in [0.4, 0.5) is 0 Å². The lowest BCUT2D eigenvalue weighted by atomic mass is 10.0. The highest BCUT2D eigenvalue weighted by Gasteiger charge is 2.19. The zero-order valence-electron chi connectivity index (χ0n) is 11.4. The van der Waals surface area contributed by atoms with Gasteiger partial charge in [0.15, 0.2) is 0 Å². The molecular weight excluding hydrogens is 330 g/mol. The van der Waals surface area contributed by atoms with E-state index in [1.807, 2.05) is 20.8 Å². The number of hydrogen-bond donors (Lipinski definition) is 1. The van der Waals surface area contributed by atoms with E-state index in [0.717, 1.165) is 4.47 Å². The van der Waals surface area contributed by atoms with Crippen LogP contribution in [-0.2, 0) is 4.74 Å². The number of carbonyl (C=O) groups is 1. The highest BCUT2D eigenvalue weighted by molar-refractivity contribution is 9.10. The van der Waals surface area contributed by atoms with Crippen molar-refractivity contribution in [2.24, 2.45) is 5.92 Å². The monoisotopic (exact) mass is 347 g/mol. The fourth-order valence-corrected chi connectivity index (χ4v) is 2.13. The van der Waals surface area contributed by atoms with Crippen LogP contribution in [0, 0.1) is 5.92 Å². The van der Waals surface area contributed by atoms with Crippen LogP contribution in [0.3, 0.4) is 0 Å². The van der Waals surface area contributed by atoms with E-state index in [-0.39, 0.29) is 11.9 Å². The molecule has 1 unspecified atom stereocenters. The third kappa shape index (κ3) is 5.13. The average Bonchev–Trinajstić information content (AvgIpc) is 2.36. The van der Waals surface area contributed by atoms with Crippen molar-refractivity contribution in [1.29, 1.82) is 0 Å². The Balaban J connectivity index is 2.78. The van der Waals surface area contributed by atoms with Gasteiger partial charge in [0, 0.05) is 11.1 Å². The lowest BCUT2D eigenvalue weighted by Gasteiger charge is -2.22. The van der Waals surface area contributed by atoms with E-state index in [1.165, 1.54) is 0 Å². The van der Waals surface area contributed by atoms with Gasteiger partial charge in [-0.1, -0.05) is 41.4 Å². The summed E-state index contributed by atoms with van der Waals surface area (Å²) >= 11 is 9.38. The average molecular weight is 349 g/mol. The Labute approximate surface area is 127 Å². The number of rotatable bonds is 6. The maximum Gasteiger partial charge on any atom is 0.253 e. The molecule has 1 N–H and O–H groups in total. The van der Waals surface area contributed by atoms with Crippen LogP contribution in [0.25, 0.3) is 0 Å². The predicted octanol–water partition coefficient (Wildman–Crippen LogP) is 3.89. The largest absolute Gasteiger partial charge is 0.380 e. The van der Waals surface area contributed by atoms with Crippen molar-refractivity contribution in [3.05, 3.63) is 33.3 Å². The topological polar surface area (TPSA) is 38.3 Å². The van der Waals surface area contributed by atoms with Crippen molar-refractivity contribution in [3.8, 4) is 0 Å². The second kappa shape index (κ2) is 7.88. The van der Waals surface area contributed by atoms with Crippen molar-refractivity contribution >= 4 is 33.4 Å². The Morgan fingerprint density at radius 2 is 2.16 bits per heavy atom. The van der Waals surface area contributed by atoms with Crippen LogP contribution in [0.15, 0.2) is 22.7 Å². The standard InChI is InChI=1S/C14H19BrClNO2/c1-4-19-8-13(9(2)3)17-14(18)11-7-10(15)5-6-12(11)16/h5-7,9,13H,4,8H2,1-3H3,(H,17,18). The quantitative estimate of drug-likeness (QED) is 0.847. The van der Waals surface area contributed by atoms with Gasteiger partial charge in [-0.3, -0.25) is 4.79 Å². The molecule has 0 aliphatic heterocycles. The third-order valence-electron chi connectivity index (χ3n) is 2.80. The normalized spacial score (nSPS) is 12.5. The molecular formula is C14H19BrClNO2. The smallest absolute Gasteiger partial charge is 0.253 e. The second-order valence-electron chi connectivity index (χ2n) is 4.61. The minimum absolute atomic E-state index is 0.0255. The molecule has 0 saturated carbocycles. The maximum absolute atomic E-state index is 12.2. The molecule has 0 aliphatic carbocycles. The van der Waals surface area contributed by atoms with E-state index in [4.69, 9.17) is 16.3 Å². The molecule has 1 aromatic rings. The fraction of sp³-hybridized carbons (Fsp3) is 0.500. The molecule has 0 aromatic heterocycles. The number of nitrogens with one attached hydrogen (secondary N) is 1. The molecule has 1 aromatic carbocycles. The molecule has 3 nitrogen and oxygen atoms in total. The molecule has 1 atom stereocenters. The predicted molar refractivity (Wildman–Crippen MR) is 81.7 cm³/mol. The lowest BCUT2D eigenvalue weighted by Crippen LogP contribution is -2.42. The molecule has 0 fully saturated rings. The Hall–Kier alpha value is -0.580. The van der Waals surface area contributed by atoms with Crippen LogP contribution in [-0.4, -0.2) is 25.2 Å². The molecule has 0 saturated heterocycles. The minimum atomic E-state index is -0.176. The van der Waals surface area contributed by atoms with Gasteiger partial charge in [-0.2, -0.15) is 0 Å². The number of hydrogen-bond acceptors (Lipinski definition) is 2. The van der Waals surface area contributed by atoms with Crippen molar-refractivity contribution in [2.45, 2.75) is 26.8 Å². The highest BCUT2D eigenvalue weighted by atomic mass is 79.9. The van der Waals surface area contributed by atoms with Crippen LogP contribution in [0.2, 0.25) is 5.02 Å². The van der Waals surface area contributed by atoms with Crippen LogP contribution < -0.4 is 5.32 Å². The SMILES string of the molecule is CCOCC(NC(=O)c1cc(Br)ccc1Cl)C(C)C. The third-order valence-corrected chi connectivity index (χ3v) is 3.62. The summed E-state index contributed by atoms with van der Waals surface area (Å²) < 4.78 is 6.22. The molecule has 0 aliphatic rings. The summed E-state index contributed by atoms with van der Waals surface area (Å²) in [5, 5.41) is 3.41. The summed E-state index contributed by atoms with van der Waals surface area (Å²) in [4.78, 5) is 12.2. The van der Waals surface area contributed by atoms with Gasteiger partial charge < -0.3 is 10.1 Å². The number of benzene rings is 1. The lowest BCUT2D eigenvalue weighted by molar-refractivity contribution is 0.0806. The van der Waals surface area contributed by atoms with Gasteiger partial charge in [0.1, 0.15) is 0 Å². The van der Waals surface area contributed by atoms with Gasteiger partial charge in [0.2, 0.25) is 0 Å². The van der Waals surface area contributed by atoms with Crippen molar-refractivity contribution in [3.63, 3.8) is 0 Å². The summed E-state index contributed by atoms with van der Waals surface area (Å²) in [6, 6.07) is 5.20. The molecule has 106 valence electrons. The summed E-state index contributed by atoms with van der Waals surface area (Å²) in [6.45, 7) is 7.17. The Kier molecular flexibility index (Phi) is 6.83. The van der Waals surface area contributed by atoms with Gasteiger partial charge in [0.25, 0.3) is 5.91 Å². The zero-order chi connectivity index (χ0) is 14.4. The van der Waals surface area contributed by atoms with E-state index in [0.29, 0.717) is 29.7 Å². The number of carbonyl (C=O) groups excluding carboxylic acids is 1. The Bertz CT molecular complexity index is 437. The van der Waals surface area contributed by atoms with E-state index in [9.17, 15) is 4.79 Å². The van der Waals surface area contributed by atoms with Gasteiger partial charge in [-0.05, 0) is 31.0 Å². The minimum Gasteiger partial charge on any atom is -0.380 e. The fourth-order valence-electron chi connectivity index (χ4n) is 1.56. The van der Waals surface area contributed by atoms with Crippen LogP contribution in [0.5, 0.6) is 0 Å². The first-order chi connectivity index (χ1) is 8.95. The molecule has 5 heteroatoms. The number of halogens is 2. The first kappa shape index (κ1) is 16.5. The molecule has 0 heterocycles. The molecule has 0 bridgehead atoms. The molecule has 0 radical (unpaired) electrons. The van der Waals surface area contributed by atoms with Crippen molar-refractivity contribution < 1.29 is 9.53 Å². The molecule has 1 amide bonds. The van der Waals surface area contributed by atoms with Gasteiger partial charge in [0.05, 0.1) is 23.2 Å². The first-order valence-corrected chi connectivity index (χ1v) is 7.46. The van der Waals surface area contributed by atoms with Gasteiger partial charge in [-0.25, -0.2) is 0 Å². The van der Waals surface area contributed by atoms with Crippen molar-refractivity contribution in [1.82, 2.24) is 5.32 Å². The van der Waals surface area contributed by atoms with Gasteiger partial charge >= 0.3 is 0 Å². The number of ether oxygens (including phenoxy) is 1. The first-order valence-electron chi connectivity index (χ1n) is 6.29. The second-order valence-corrected chi connectivity index (χ2v) is 5.93. The van der Waals surface area contributed by atoms with Crippen LogP contribution >= 0.6 is 27.5 Å². The van der Waals surface area contributed by atoms with E-state index < -0.39 is 0 Å².